The van der Waals surface area contributed by atoms with E-state index in [4.69, 9.17) is 12.2 Å². The minimum absolute atomic E-state index is 0.115. The maximum atomic E-state index is 12.8. The van der Waals surface area contributed by atoms with Crippen molar-refractivity contribution >= 4 is 85.2 Å². The van der Waals surface area contributed by atoms with Crippen LogP contribution in [0.25, 0.3) is 16.8 Å². The summed E-state index contributed by atoms with van der Waals surface area (Å²) in [7, 11) is 0. The standard InChI is InChI=1S/C27H22N4O2S4/c32-23(14-7-15-31-24(33)22(36-27(31)34)16-18-8-2-1-3-9-18)28-25-29-30-26(37-25)35-17-20-12-6-11-19-10-4-5-13-21(19)20/h1-6,8-13,16H,7,14-15,17H2,(H,28,29,32)/b22-16-. The molecule has 1 aliphatic heterocycles. The van der Waals surface area contributed by atoms with Gasteiger partial charge in [-0.1, -0.05) is 120 Å². The van der Waals surface area contributed by atoms with E-state index in [1.165, 1.54) is 39.4 Å². The molecule has 0 radical (unpaired) electrons. The average Bonchev–Trinajstić information content (AvgIpc) is 3.46. The normalized spacial score (nSPS) is 14.6. The molecule has 0 atom stereocenters. The number of fused-ring (bicyclic) bond motifs is 1. The Hall–Kier alpha value is -3.05. The SMILES string of the molecule is O=C(CCCN1C(=O)/C(=C/c2ccccc2)SC1=S)Nc1nnc(SCc2cccc3ccccc23)s1. The molecule has 1 N–H and O–H groups in total. The van der Waals surface area contributed by atoms with Crippen LogP contribution in [0, 0.1) is 0 Å². The van der Waals surface area contributed by atoms with Crippen molar-refractivity contribution in [1.29, 1.82) is 0 Å². The molecule has 1 fully saturated rings. The van der Waals surface area contributed by atoms with Crippen molar-refractivity contribution in [2.75, 3.05) is 11.9 Å². The van der Waals surface area contributed by atoms with Gasteiger partial charge in [0.25, 0.3) is 5.91 Å². The number of rotatable bonds is 9. The Kier molecular flexibility index (Phi) is 8.30. The number of benzene rings is 3. The Balaban J connectivity index is 1.09. The monoisotopic (exact) mass is 562 g/mol. The summed E-state index contributed by atoms with van der Waals surface area (Å²) in [6.07, 6.45) is 2.60. The molecule has 0 bridgehead atoms. The lowest BCUT2D eigenvalue weighted by molar-refractivity contribution is -0.122. The Morgan fingerprint density at radius 3 is 2.68 bits per heavy atom. The molecule has 186 valence electrons. The van der Waals surface area contributed by atoms with E-state index in [1.54, 1.807) is 16.7 Å². The van der Waals surface area contributed by atoms with Crippen LogP contribution in [0.2, 0.25) is 0 Å². The summed E-state index contributed by atoms with van der Waals surface area (Å²) < 4.78 is 1.32. The molecule has 0 unspecified atom stereocenters. The first-order chi connectivity index (χ1) is 18.1. The van der Waals surface area contributed by atoms with Gasteiger partial charge in [0.2, 0.25) is 11.0 Å². The van der Waals surface area contributed by atoms with Crippen molar-refractivity contribution in [1.82, 2.24) is 15.1 Å². The lowest BCUT2D eigenvalue weighted by Crippen LogP contribution is -2.29. The van der Waals surface area contributed by atoms with E-state index < -0.39 is 0 Å². The van der Waals surface area contributed by atoms with E-state index in [1.807, 2.05) is 48.5 Å². The zero-order valence-electron chi connectivity index (χ0n) is 19.6. The Labute approximate surface area is 232 Å². The first-order valence-electron chi connectivity index (χ1n) is 11.6. The van der Waals surface area contributed by atoms with Crippen molar-refractivity contribution in [3.63, 3.8) is 0 Å². The van der Waals surface area contributed by atoms with Crippen molar-refractivity contribution in [3.05, 3.63) is 88.8 Å². The number of amides is 2. The predicted molar refractivity (Wildman–Crippen MR) is 158 cm³/mol. The van der Waals surface area contributed by atoms with Gasteiger partial charge in [-0.15, -0.1) is 10.2 Å². The summed E-state index contributed by atoms with van der Waals surface area (Å²) >= 11 is 9.64. The van der Waals surface area contributed by atoms with Gasteiger partial charge in [0.15, 0.2) is 4.34 Å². The molecule has 37 heavy (non-hydrogen) atoms. The van der Waals surface area contributed by atoms with Crippen LogP contribution in [0.15, 0.2) is 82.0 Å². The van der Waals surface area contributed by atoms with Crippen LogP contribution in [0.3, 0.4) is 0 Å². The van der Waals surface area contributed by atoms with Gasteiger partial charge < -0.3 is 5.32 Å². The first-order valence-corrected chi connectivity index (χ1v) is 14.6. The number of carbonyl (C=O) groups is 2. The van der Waals surface area contributed by atoms with Gasteiger partial charge >= 0.3 is 0 Å². The van der Waals surface area contributed by atoms with Crippen LogP contribution in [0.1, 0.15) is 24.0 Å². The van der Waals surface area contributed by atoms with E-state index in [0.29, 0.717) is 27.3 Å². The van der Waals surface area contributed by atoms with Gasteiger partial charge in [-0.3, -0.25) is 14.5 Å². The molecule has 0 saturated carbocycles. The van der Waals surface area contributed by atoms with E-state index in [-0.39, 0.29) is 18.2 Å². The molecule has 5 rings (SSSR count). The second kappa shape index (κ2) is 12.0. The van der Waals surface area contributed by atoms with Gasteiger partial charge in [-0.05, 0) is 34.4 Å². The Morgan fingerprint density at radius 1 is 1.03 bits per heavy atom. The number of carbonyl (C=O) groups excluding carboxylic acids is 2. The molecule has 1 aromatic heterocycles. The summed E-state index contributed by atoms with van der Waals surface area (Å²) in [4.78, 5) is 27.4. The van der Waals surface area contributed by atoms with Crippen molar-refractivity contribution in [2.45, 2.75) is 22.9 Å². The third-order valence-electron chi connectivity index (χ3n) is 5.64. The van der Waals surface area contributed by atoms with Crippen LogP contribution < -0.4 is 5.32 Å². The molecular formula is C27H22N4O2S4. The summed E-state index contributed by atoms with van der Waals surface area (Å²) in [5, 5.41) is 14.1. The van der Waals surface area contributed by atoms with Crippen LogP contribution in [-0.4, -0.2) is 37.8 Å². The number of nitrogens with one attached hydrogen (secondary N) is 1. The molecule has 2 amide bonds. The number of hydrogen-bond acceptors (Lipinski definition) is 8. The highest BCUT2D eigenvalue weighted by molar-refractivity contribution is 8.26. The highest BCUT2D eigenvalue weighted by Gasteiger charge is 2.31. The predicted octanol–water partition coefficient (Wildman–Crippen LogP) is 6.60. The minimum Gasteiger partial charge on any atom is -0.301 e. The van der Waals surface area contributed by atoms with Crippen LogP contribution in [-0.2, 0) is 15.3 Å². The maximum Gasteiger partial charge on any atom is 0.266 e. The van der Waals surface area contributed by atoms with E-state index in [2.05, 4.69) is 45.8 Å². The topological polar surface area (TPSA) is 75.2 Å². The number of aromatic nitrogens is 2. The van der Waals surface area contributed by atoms with Gasteiger partial charge in [0, 0.05) is 18.7 Å². The van der Waals surface area contributed by atoms with E-state index in [9.17, 15) is 9.59 Å². The van der Waals surface area contributed by atoms with Crippen molar-refractivity contribution in [2.24, 2.45) is 0 Å². The van der Waals surface area contributed by atoms with Gasteiger partial charge in [-0.25, -0.2) is 0 Å². The molecule has 4 aromatic rings. The molecule has 10 heteroatoms. The minimum atomic E-state index is -0.160. The maximum absolute atomic E-state index is 12.8. The third-order valence-corrected chi connectivity index (χ3v) is 9.04. The van der Waals surface area contributed by atoms with Crippen LogP contribution in [0.5, 0.6) is 0 Å². The number of thiocarbonyl (C=S) groups is 1. The fourth-order valence-corrected chi connectivity index (χ4v) is 6.93. The molecule has 1 saturated heterocycles. The molecule has 6 nitrogen and oxygen atoms in total. The molecule has 1 aliphatic rings. The average molecular weight is 563 g/mol. The second-order valence-corrected chi connectivity index (χ2v) is 12.1. The summed E-state index contributed by atoms with van der Waals surface area (Å²) in [6.45, 7) is 0.395. The van der Waals surface area contributed by atoms with Crippen LogP contribution in [0.4, 0.5) is 5.13 Å². The fraction of sp³-hybridized carbons (Fsp3) is 0.148. The lowest BCUT2D eigenvalue weighted by Gasteiger charge is -2.13. The molecule has 0 spiro atoms. The third kappa shape index (κ3) is 6.45. The summed E-state index contributed by atoms with van der Waals surface area (Å²) in [5.74, 6) is 0.496. The zero-order chi connectivity index (χ0) is 25.6. The molecule has 2 heterocycles. The molecule has 0 aliphatic carbocycles. The van der Waals surface area contributed by atoms with E-state index >= 15 is 0 Å². The highest BCUT2D eigenvalue weighted by atomic mass is 32.2. The summed E-state index contributed by atoms with van der Waals surface area (Å²) in [5.41, 5.74) is 2.19. The number of nitrogens with zero attached hydrogens (tertiary/aromatic N) is 3. The Bertz CT molecular complexity index is 1480. The lowest BCUT2D eigenvalue weighted by atomic mass is 10.1. The number of thioether (sulfide) groups is 2. The van der Waals surface area contributed by atoms with Gasteiger partial charge in [0.1, 0.15) is 4.32 Å². The second-order valence-electron chi connectivity index (χ2n) is 8.20. The number of anilines is 1. The zero-order valence-corrected chi connectivity index (χ0v) is 22.9. The fourth-order valence-electron chi connectivity index (χ4n) is 3.85. The molecular weight excluding hydrogens is 541 g/mol. The first kappa shape index (κ1) is 25.6. The van der Waals surface area contributed by atoms with Crippen LogP contribution >= 0.6 is 47.1 Å². The Morgan fingerprint density at radius 2 is 1.81 bits per heavy atom. The quantitative estimate of drug-likeness (QED) is 0.107. The highest BCUT2D eigenvalue weighted by Crippen LogP contribution is 2.33. The van der Waals surface area contributed by atoms with E-state index in [0.717, 1.165) is 15.7 Å². The summed E-state index contributed by atoms with van der Waals surface area (Å²) in [6, 6.07) is 24.3. The van der Waals surface area contributed by atoms with Gasteiger partial charge in [-0.2, -0.15) is 0 Å². The van der Waals surface area contributed by atoms with Crippen molar-refractivity contribution in [3.8, 4) is 0 Å². The van der Waals surface area contributed by atoms with Crippen molar-refractivity contribution < 1.29 is 9.59 Å². The van der Waals surface area contributed by atoms with Gasteiger partial charge in [0.05, 0.1) is 4.91 Å². The largest absolute Gasteiger partial charge is 0.301 e. The number of hydrogen-bond donors (Lipinski definition) is 1. The smallest absolute Gasteiger partial charge is 0.266 e. The molecule has 3 aromatic carbocycles.